The van der Waals surface area contributed by atoms with E-state index in [2.05, 4.69) is 0 Å². The van der Waals surface area contributed by atoms with Crippen LogP contribution in [0.2, 0.25) is 0 Å². The van der Waals surface area contributed by atoms with Crippen LogP contribution in [0.4, 0.5) is 0 Å². The summed E-state index contributed by atoms with van der Waals surface area (Å²) in [5, 5.41) is 11.7. The highest BCUT2D eigenvalue weighted by Gasteiger charge is 2.31. The molecule has 2 heterocycles. The van der Waals surface area contributed by atoms with Gasteiger partial charge in [0.25, 0.3) is 0 Å². The smallest absolute Gasteiger partial charge is 0.222 e. The summed E-state index contributed by atoms with van der Waals surface area (Å²) in [7, 11) is 1.73. The molecule has 0 unspecified atom stereocenters. The molecule has 0 aromatic carbocycles. The number of likely N-dealkylation sites (tertiary alicyclic amines) is 2. The Morgan fingerprint density at radius 3 is 2.60 bits per heavy atom. The molecule has 1 amide bonds. The second kappa shape index (κ2) is 4.10. The van der Waals surface area contributed by atoms with E-state index in [1.807, 2.05) is 4.90 Å². The summed E-state index contributed by atoms with van der Waals surface area (Å²) in [5.41, 5.74) is 0. The maximum atomic E-state index is 11.7. The Hall–Kier alpha value is -0.610. The van der Waals surface area contributed by atoms with E-state index in [0.29, 0.717) is 31.5 Å². The van der Waals surface area contributed by atoms with Crippen molar-refractivity contribution in [3.05, 3.63) is 5.21 Å². The molecular weight excluding hydrogens is 192 g/mol. The molecule has 0 N–H and O–H groups in total. The van der Waals surface area contributed by atoms with E-state index < -0.39 is 0 Å². The molecule has 15 heavy (non-hydrogen) atoms. The number of hydrogen-bond acceptors (Lipinski definition) is 2. The first-order valence-electron chi connectivity index (χ1n) is 5.93. The summed E-state index contributed by atoms with van der Waals surface area (Å²) in [6.07, 6.45) is 4.64. The number of carbonyl (C=O) groups excluding carboxylic acids is 1. The van der Waals surface area contributed by atoms with Gasteiger partial charge in [0, 0.05) is 31.8 Å². The summed E-state index contributed by atoms with van der Waals surface area (Å²) >= 11 is 0. The molecule has 86 valence electrons. The molecule has 0 aromatic rings. The Bertz CT molecular complexity index is 243. The predicted octanol–water partition coefficient (Wildman–Crippen LogP) is 1.11. The van der Waals surface area contributed by atoms with Crippen molar-refractivity contribution in [1.82, 2.24) is 4.90 Å². The number of hydroxylamine groups is 3. The third kappa shape index (κ3) is 2.49. The minimum absolute atomic E-state index is 0.126. The number of hydrogen-bond donors (Lipinski definition) is 0. The number of carbonyl (C=O) groups is 1. The standard InChI is InChI=1S/C11H20N2O2/c1-13(15)8-5-10(6-9-13)12-7-3-2-4-11(12)14/h10H,2-9H2,1H3. The normalized spacial score (nSPS) is 38.1. The highest BCUT2D eigenvalue weighted by molar-refractivity contribution is 5.77. The van der Waals surface area contributed by atoms with Crippen molar-refractivity contribution in [2.45, 2.75) is 38.1 Å². The summed E-state index contributed by atoms with van der Waals surface area (Å²) in [5.74, 6) is 0.299. The number of rotatable bonds is 1. The molecule has 4 heteroatoms. The molecular formula is C11H20N2O2. The van der Waals surface area contributed by atoms with Crippen LogP contribution in [0, 0.1) is 5.21 Å². The van der Waals surface area contributed by atoms with Gasteiger partial charge >= 0.3 is 0 Å². The van der Waals surface area contributed by atoms with Crippen molar-refractivity contribution in [2.75, 3.05) is 26.7 Å². The predicted molar refractivity (Wildman–Crippen MR) is 57.9 cm³/mol. The molecule has 2 saturated heterocycles. The molecule has 0 saturated carbocycles. The Balaban J connectivity index is 1.92. The van der Waals surface area contributed by atoms with E-state index in [1.165, 1.54) is 0 Å². The molecule has 0 aliphatic carbocycles. The number of quaternary nitrogens is 1. The van der Waals surface area contributed by atoms with E-state index in [4.69, 9.17) is 0 Å². The Morgan fingerprint density at radius 2 is 2.00 bits per heavy atom. The average molecular weight is 212 g/mol. The van der Waals surface area contributed by atoms with Crippen molar-refractivity contribution in [3.63, 3.8) is 0 Å². The molecule has 4 nitrogen and oxygen atoms in total. The van der Waals surface area contributed by atoms with Crippen LogP contribution < -0.4 is 0 Å². The second-order valence-electron chi connectivity index (χ2n) is 5.02. The zero-order chi connectivity index (χ0) is 10.9. The molecule has 0 atom stereocenters. The fourth-order valence-corrected chi connectivity index (χ4v) is 2.62. The lowest BCUT2D eigenvalue weighted by molar-refractivity contribution is -0.866. The van der Waals surface area contributed by atoms with Gasteiger partial charge in [-0.05, 0) is 12.8 Å². The van der Waals surface area contributed by atoms with Crippen LogP contribution in [0.3, 0.4) is 0 Å². The molecule has 0 aromatic heterocycles. The monoisotopic (exact) mass is 212 g/mol. The number of piperidine rings is 2. The van der Waals surface area contributed by atoms with Crippen molar-refractivity contribution < 1.29 is 9.44 Å². The maximum absolute atomic E-state index is 11.7. The van der Waals surface area contributed by atoms with Crippen LogP contribution in [0.25, 0.3) is 0 Å². The third-order valence-electron chi connectivity index (χ3n) is 3.67. The van der Waals surface area contributed by atoms with Crippen molar-refractivity contribution in [2.24, 2.45) is 0 Å². The first kappa shape index (κ1) is 10.9. The number of amides is 1. The highest BCUT2D eigenvalue weighted by Crippen LogP contribution is 2.23. The maximum Gasteiger partial charge on any atom is 0.222 e. The van der Waals surface area contributed by atoms with E-state index in [0.717, 1.165) is 32.2 Å². The average Bonchev–Trinajstić information content (AvgIpc) is 2.19. The van der Waals surface area contributed by atoms with Crippen LogP contribution in [0.1, 0.15) is 32.1 Å². The molecule has 2 rings (SSSR count). The largest absolute Gasteiger partial charge is 0.633 e. The summed E-state index contributed by atoms with van der Waals surface area (Å²) in [6, 6.07) is 0.345. The van der Waals surface area contributed by atoms with Gasteiger partial charge in [0.1, 0.15) is 0 Å². The molecule has 0 radical (unpaired) electrons. The first-order valence-corrected chi connectivity index (χ1v) is 5.93. The zero-order valence-corrected chi connectivity index (χ0v) is 9.45. The third-order valence-corrected chi connectivity index (χ3v) is 3.67. The fraction of sp³-hybridized carbons (Fsp3) is 0.909. The summed E-state index contributed by atoms with van der Waals surface area (Å²) in [6.45, 7) is 2.23. The molecule has 0 spiro atoms. The Morgan fingerprint density at radius 1 is 1.33 bits per heavy atom. The van der Waals surface area contributed by atoms with E-state index >= 15 is 0 Å². The minimum Gasteiger partial charge on any atom is -0.633 e. The van der Waals surface area contributed by atoms with E-state index in [9.17, 15) is 10.0 Å². The van der Waals surface area contributed by atoms with E-state index in [1.54, 1.807) is 7.05 Å². The van der Waals surface area contributed by atoms with Gasteiger partial charge in [-0.25, -0.2) is 0 Å². The van der Waals surface area contributed by atoms with Crippen LogP contribution in [0.15, 0.2) is 0 Å². The van der Waals surface area contributed by atoms with Gasteiger partial charge in [-0.1, -0.05) is 0 Å². The van der Waals surface area contributed by atoms with E-state index in [-0.39, 0.29) is 4.65 Å². The van der Waals surface area contributed by atoms with Gasteiger partial charge in [0.15, 0.2) is 0 Å². The van der Waals surface area contributed by atoms with Crippen molar-refractivity contribution in [1.29, 1.82) is 0 Å². The Labute approximate surface area is 91.0 Å². The molecule has 2 aliphatic rings. The van der Waals surface area contributed by atoms with Crippen LogP contribution >= 0.6 is 0 Å². The SMILES string of the molecule is C[N+]1([O-])CCC(N2CCCCC2=O)CC1. The van der Waals surface area contributed by atoms with Crippen LogP contribution in [0.5, 0.6) is 0 Å². The molecule has 2 fully saturated rings. The topological polar surface area (TPSA) is 43.4 Å². The first-order chi connectivity index (χ1) is 7.08. The zero-order valence-electron chi connectivity index (χ0n) is 9.45. The fourth-order valence-electron chi connectivity index (χ4n) is 2.62. The lowest BCUT2D eigenvalue weighted by Gasteiger charge is -2.47. The molecule has 0 bridgehead atoms. The van der Waals surface area contributed by atoms with Gasteiger partial charge in [0.2, 0.25) is 5.91 Å². The second-order valence-corrected chi connectivity index (χ2v) is 5.02. The minimum atomic E-state index is -0.126. The summed E-state index contributed by atoms with van der Waals surface area (Å²) in [4.78, 5) is 13.7. The van der Waals surface area contributed by atoms with Gasteiger partial charge in [-0.15, -0.1) is 0 Å². The lowest BCUT2D eigenvalue weighted by atomic mass is 9.99. The summed E-state index contributed by atoms with van der Waals surface area (Å²) < 4.78 is -0.126. The van der Waals surface area contributed by atoms with Gasteiger partial charge in [-0.2, -0.15) is 0 Å². The van der Waals surface area contributed by atoms with Gasteiger partial charge in [-0.3, -0.25) is 4.79 Å². The van der Waals surface area contributed by atoms with Crippen LogP contribution in [-0.4, -0.2) is 48.2 Å². The molecule has 2 aliphatic heterocycles. The highest BCUT2D eigenvalue weighted by atomic mass is 16.5. The number of nitrogens with zero attached hydrogens (tertiary/aromatic N) is 2. The van der Waals surface area contributed by atoms with Crippen molar-refractivity contribution >= 4 is 5.91 Å². The van der Waals surface area contributed by atoms with Crippen LogP contribution in [-0.2, 0) is 4.79 Å². The Kier molecular flexibility index (Phi) is 2.98. The van der Waals surface area contributed by atoms with Gasteiger partial charge < -0.3 is 14.8 Å². The van der Waals surface area contributed by atoms with Crippen molar-refractivity contribution in [3.8, 4) is 0 Å². The quantitative estimate of drug-likeness (QED) is 0.482. The lowest BCUT2D eigenvalue weighted by Crippen LogP contribution is -2.53. The van der Waals surface area contributed by atoms with Gasteiger partial charge in [0.05, 0.1) is 20.1 Å².